The average molecular weight is 357 g/mol. The van der Waals surface area contributed by atoms with E-state index < -0.39 is 23.6 Å². The highest BCUT2D eigenvalue weighted by molar-refractivity contribution is 5.98. The highest BCUT2D eigenvalue weighted by Crippen LogP contribution is 2.21. The second kappa shape index (κ2) is 8.28. The van der Waals surface area contributed by atoms with Crippen LogP contribution >= 0.6 is 0 Å². The maximum atomic E-state index is 12.4. The van der Waals surface area contributed by atoms with Crippen LogP contribution in [-0.2, 0) is 9.53 Å². The molecule has 2 aromatic heterocycles. The van der Waals surface area contributed by atoms with Gasteiger partial charge in [-0.3, -0.25) is 4.79 Å². The van der Waals surface area contributed by atoms with Crippen LogP contribution in [0.25, 0.3) is 0 Å². The Bertz CT molecular complexity index is 759. The van der Waals surface area contributed by atoms with Gasteiger partial charge in [0.2, 0.25) is 5.91 Å². The number of ether oxygens (including phenoxy) is 1. The van der Waals surface area contributed by atoms with Gasteiger partial charge in [-0.05, 0) is 52.0 Å². The summed E-state index contributed by atoms with van der Waals surface area (Å²) in [5.41, 5.74) is -0.0508. The molecule has 0 radical (unpaired) electrons. The first-order chi connectivity index (χ1) is 12.2. The molecule has 138 valence electrons. The number of carbonyl (C=O) groups excluding carboxylic acids is 2. The summed E-state index contributed by atoms with van der Waals surface area (Å²) < 4.78 is 5.15. The molecule has 0 fully saturated rings. The minimum Gasteiger partial charge on any atom is -0.444 e. The second-order valence-electron chi connectivity index (χ2n) is 6.60. The molecule has 0 aliphatic rings. The molecule has 8 heteroatoms. The average Bonchev–Trinajstić information content (AvgIpc) is 2.55. The summed E-state index contributed by atoms with van der Waals surface area (Å²) in [6.45, 7) is 6.82. The van der Waals surface area contributed by atoms with E-state index in [1.807, 2.05) is 6.07 Å². The lowest BCUT2D eigenvalue weighted by molar-refractivity contribution is -0.117. The van der Waals surface area contributed by atoms with Gasteiger partial charge < -0.3 is 20.7 Å². The SMILES string of the molecule is CC(NC(=O)OC(C)(C)C)C(=O)Nc1ncccc1Nc1ccccn1. The van der Waals surface area contributed by atoms with Crippen LogP contribution in [-0.4, -0.2) is 33.6 Å². The summed E-state index contributed by atoms with van der Waals surface area (Å²) in [7, 11) is 0. The molecule has 0 saturated carbocycles. The Hall–Kier alpha value is -3.16. The van der Waals surface area contributed by atoms with Gasteiger partial charge in [0.1, 0.15) is 17.5 Å². The minimum atomic E-state index is -0.797. The van der Waals surface area contributed by atoms with Crippen molar-refractivity contribution in [3.8, 4) is 0 Å². The van der Waals surface area contributed by atoms with E-state index in [-0.39, 0.29) is 0 Å². The zero-order valence-electron chi connectivity index (χ0n) is 15.2. The summed E-state index contributed by atoms with van der Waals surface area (Å²) in [5, 5.41) is 8.27. The fourth-order valence-electron chi connectivity index (χ4n) is 1.96. The van der Waals surface area contributed by atoms with Gasteiger partial charge in [-0.2, -0.15) is 0 Å². The van der Waals surface area contributed by atoms with E-state index in [0.29, 0.717) is 17.3 Å². The van der Waals surface area contributed by atoms with Crippen LogP contribution < -0.4 is 16.0 Å². The van der Waals surface area contributed by atoms with Crippen molar-refractivity contribution in [1.82, 2.24) is 15.3 Å². The third kappa shape index (κ3) is 6.04. The molecular weight excluding hydrogens is 334 g/mol. The third-order valence-corrected chi connectivity index (χ3v) is 3.10. The van der Waals surface area contributed by atoms with Gasteiger partial charge in [0.15, 0.2) is 5.82 Å². The van der Waals surface area contributed by atoms with Gasteiger partial charge in [-0.25, -0.2) is 14.8 Å². The predicted octanol–water partition coefficient (Wildman–Crippen LogP) is 3.07. The zero-order valence-corrected chi connectivity index (χ0v) is 15.2. The Morgan fingerprint density at radius 2 is 1.81 bits per heavy atom. The van der Waals surface area contributed by atoms with Gasteiger partial charge in [0.25, 0.3) is 0 Å². The lowest BCUT2D eigenvalue weighted by Crippen LogP contribution is -2.44. The normalized spacial score (nSPS) is 12.0. The number of alkyl carbamates (subject to hydrolysis) is 1. The van der Waals surface area contributed by atoms with E-state index in [0.717, 1.165) is 0 Å². The molecule has 0 bridgehead atoms. The van der Waals surface area contributed by atoms with E-state index in [1.165, 1.54) is 0 Å². The molecule has 0 aromatic carbocycles. The van der Waals surface area contributed by atoms with Crippen molar-refractivity contribution in [1.29, 1.82) is 0 Å². The summed E-state index contributed by atoms with van der Waals surface area (Å²) in [6, 6.07) is 8.16. The van der Waals surface area contributed by atoms with Crippen molar-refractivity contribution in [2.24, 2.45) is 0 Å². The van der Waals surface area contributed by atoms with Crippen LogP contribution in [0.1, 0.15) is 27.7 Å². The van der Waals surface area contributed by atoms with Crippen molar-refractivity contribution in [3.05, 3.63) is 42.7 Å². The molecule has 2 amide bonds. The number of hydrogen-bond acceptors (Lipinski definition) is 6. The molecule has 1 atom stereocenters. The predicted molar refractivity (Wildman–Crippen MR) is 99.2 cm³/mol. The van der Waals surface area contributed by atoms with Crippen molar-refractivity contribution >= 4 is 29.3 Å². The fraction of sp³-hybridized carbons (Fsp3) is 0.333. The molecule has 8 nitrogen and oxygen atoms in total. The lowest BCUT2D eigenvalue weighted by atomic mass is 10.2. The van der Waals surface area contributed by atoms with Crippen LogP contribution in [0.3, 0.4) is 0 Å². The first kappa shape index (κ1) is 19.2. The minimum absolute atomic E-state index is 0.334. The van der Waals surface area contributed by atoms with Crippen LogP contribution in [0.4, 0.5) is 22.1 Å². The molecule has 0 spiro atoms. The summed E-state index contributed by atoms with van der Waals surface area (Å²) in [5.74, 6) is 0.538. The van der Waals surface area contributed by atoms with Crippen molar-refractivity contribution in [2.75, 3.05) is 10.6 Å². The first-order valence-electron chi connectivity index (χ1n) is 8.18. The fourth-order valence-corrected chi connectivity index (χ4v) is 1.96. The number of pyridine rings is 2. The number of nitrogens with one attached hydrogen (secondary N) is 3. The zero-order chi connectivity index (χ0) is 19.2. The number of carbonyl (C=O) groups is 2. The van der Waals surface area contributed by atoms with E-state index in [4.69, 9.17) is 4.74 Å². The van der Waals surface area contributed by atoms with Crippen molar-refractivity contribution in [2.45, 2.75) is 39.3 Å². The first-order valence-corrected chi connectivity index (χ1v) is 8.18. The standard InChI is InChI=1S/C18H23N5O3/c1-12(21-17(25)26-18(2,3)4)16(24)23-15-13(8-7-11-20-15)22-14-9-5-6-10-19-14/h5-12H,1-4H3,(H,19,22)(H,21,25)(H,20,23,24). The number of aromatic nitrogens is 2. The molecule has 26 heavy (non-hydrogen) atoms. The Balaban J connectivity index is 2.01. The molecule has 3 N–H and O–H groups in total. The van der Waals surface area contributed by atoms with Gasteiger partial charge in [0, 0.05) is 12.4 Å². The Morgan fingerprint density at radius 3 is 2.46 bits per heavy atom. The Labute approximate surface area is 152 Å². The quantitative estimate of drug-likeness (QED) is 0.759. The number of amides is 2. The maximum absolute atomic E-state index is 12.4. The van der Waals surface area contributed by atoms with Crippen LogP contribution in [0, 0.1) is 0 Å². The molecule has 2 heterocycles. The molecular formula is C18H23N5O3. The summed E-state index contributed by atoms with van der Waals surface area (Å²) >= 11 is 0. The smallest absolute Gasteiger partial charge is 0.408 e. The second-order valence-corrected chi connectivity index (χ2v) is 6.60. The molecule has 1 unspecified atom stereocenters. The van der Waals surface area contributed by atoms with Gasteiger partial charge in [-0.15, -0.1) is 0 Å². The van der Waals surface area contributed by atoms with Crippen LogP contribution in [0.15, 0.2) is 42.7 Å². The lowest BCUT2D eigenvalue weighted by Gasteiger charge is -2.21. The third-order valence-electron chi connectivity index (χ3n) is 3.10. The van der Waals surface area contributed by atoms with Crippen LogP contribution in [0.5, 0.6) is 0 Å². The van der Waals surface area contributed by atoms with Gasteiger partial charge in [0.05, 0.1) is 5.69 Å². The Morgan fingerprint density at radius 1 is 1.08 bits per heavy atom. The van der Waals surface area contributed by atoms with E-state index in [2.05, 4.69) is 25.9 Å². The van der Waals surface area contributed by atoms with Crippen molar-refractivity contribution < 1.29 is 14.3 Å². The monoisotopic (exact) mass is 357 g/mol. The van der Waals surface area contributed by atoms with Crippen molar-refractivity contribution in [3.63, 3.8) is 0 Å². The molecule has 0 aliphatic heterocycles. The highest BCUT2D eigenvalue weighted by atomic mass is 16.6. The molecule has 0 saturated heterocycles. The highest BCUT2D eigenvalue weighted by Gasteiger charge is 2.21. The summed E-state index contributed by atoms with van der Waals surface area (Å²) in [6.07, 6.45) is 2.56. The van der Waals surface area contributed by atoms with Crippen LogP contribution in [0.2, 0.25) is 0 Å². The van der Waals surface area contributed by atoms with Gasteiger partial charge >= 0.3 is 6.09 Å². The van der Waals surface area contributed by atoms with E-state index >= 15 is 0 Å². The number of rotatable bonds is 5. The molecule has 2 rings (SSSR count). The van der Waals surface area contributed by atoms with Gasteiger partial charge in [-0.1, -0.05) is 6.07 Å². The molecule has 2 aromatic rings. The largest absolute Gasteiger partial charge is 0.444 e. The topological polar surface area (TPSA) is 105 Å². The van der Waals surface area contributed by atoms with E-state index in [9.17, 15) is 9.59 Å². The number of nitrogens with zero attached hydrogens (tertiary/aromatic N) is 2. The Kier molecular flexibility index (Phi) is 6.11. The maximum Gasteiger partial charge on any atom is 0.408 e. The number of anilines is 3. The number of hydrogen-bond donors (Lipinski definition) is 3. The van der Waals surface area contributed by atoms with E-state index in [1.54, 1.807) is 64.4 Å². The molecule has 0 aliphatic carbocycles. The summed E-state index contributed by atoms with van der Waals surface area (Å²) in [4.78, 5) is 32.5.